The minimum absolute atomic E-state index is 0.0159. The van der Waals surface area contributed by atoms with Crippen LogP contribution in [0.5, 0.6) is 0 Å². The molecule has 0 radical (unpaired) electrons. The molecule has 0 spiro atoms. The van der Waals surface area contributed by atoms with Crippen molar-refractivity contribution in [2.24, 2.45) is 5.92 Å². The largest absolute Gasteiger partial charge is 0.379 e. The van der Waals surface area contributed by atoms with Gasteiger partial charge in [-0.05, 0) is 18.1 Å². The van der Waals surface area contributed by atoms with Gasteiger partial charge in [0, 0.05) is 31.1 Å². The molecule has 0 bridgehead atoms. The first-order chi connectivity index (χ1) is 9.70. The fraction of sp³-hybridized carbons (Fsp3) is 0.533. The predicted octanol–water partition coefficient (Wildman–Crippen LogP) is 2.00. The van der Waals surface area contributed by atoms with Crippen LogP contribution < -0.4 is 0 Å². The summed E-state index contributed by atoms with van der Waals surface area (Å²) in [7, 11) is 1.54. The Balaban J connectivity index is 2.00. The molecule has 4 nitrogen and oxygen atoms in total. The standard InChI is InChI=1S/C15H20ClNO3/c1-19-11-15(18)17-6-7-20-10-12(9-17)8-13-4-2-3-5-14(13)16/h2-5,12H,6-11H2,1H3/t12-/m0/s1. The summed E-state index contributed by atoms with van der Waals surface area (Å²) >= 11 is 6.19. The fourth-order valence-electron chi connectivity index (χ4n) is 2.42. The molecule has 5 heteroatoms. The van der Waals surface area contributed by atoms with Crippen LogP contribution in [0, 0.1) is 5.92 Å². The summed E-state index contributed by atoms with van der Waals surface area (Å²) in [4.78, 5) is 13.8. The molecule has 1 aliphatic heterocycles. The van der Waals surface area contributed by atoms with Gasteiger partial charge in [-0.3, -0.25) is 4.79 Å². The zero-order valence-electron chi connectivity index (χ0n) is 11.7. The molecular weight excluding hydrogens is 278 g/mol. The molecule has 1 aliphatic rings. The Kier molecular flexibility index (Phi) is 5.83. The van der Waals surface area contributed by atoms with E-state index < -0.39 is 0 Å². The highest BCUT2D eigenvalue weighted by molar-refractivity contribution is 6.31. The summed E-state index contributed by atoms with van der Waals surface area (Å²) < 4.78 is 10.5. The van der Waals surface area contributed by atoms with Gasteiger partial charge in [-0.15, -0.1) is 0 Å². The highest BCUT2D eigenvalue weighted by Crippen LogP contribution is 2.20. The van der Waals surface area contributed by atoms with Gasteiger partial charge in [-0.1, -0.05) is 29.8 Å². The van der Waals surface area contributed by atoms with E-state index in [0.717, 1.165) is 17.0 Å². The van der Waals surface area contributed by atoms with E-state index in [-0.39, 0.29) is 18.4 Å². The number of rotatable bonds is 4. The van der Waals surface area contributed by atoms with Gasteiger partial charge in [0.05, 0.1) is 13.2 Å². The molecule has 1 heterocycles. The van der Waals surface area contributed by atoms with Crippen molar-refractivity contribution in [2.45, 2.75) is 6.42 Å². The van der Waals surface area contributed by atoms with Crippen molar-refractivity contribution >= 4 is 17.5 Å². The molecule has 1 saturated heterocycles. The number of benzene rings is 1. The summed E-state index contributed by atoms with van der Waals surface area (Å²) in [5.74, 6) is 0.278. The smallest absolute Gasteiger partial charge is 0.248 e. The second-order valence-corrected chi connectivity index (χ2v) is 5.42. The van der Waals surface area contributed by atoms with Gasteiger partial charge >= 0.3 is 0 Å². The summed E-state index contributed by atoms with van der Waals surface area (Å²) in [5, 5.41) is 0.770. The maximum Gasteiger partial charge on any atom is 0.248 e. The number of amides is 1. The molecule has 0 aliphatic carbocycles. The van der Waals surface area contributed by atoms with E-state index in [1.807, 2.05) is 29.2 Å². The molecule has 0 N–H and O–H groups in total. The Bertz CT molecular complexity index is 452. The third kappa shape index (κ3) is 4.20. The molecular formula is C15H20ClNO3. The Morgan fingerprint density at radius 3 is 3.05 bits per heavy atom. The van der Waals surface area contributed by atoms with E-state index in [0.29, 0.717) is 26.3 Å². The van der Waals surface area contributed by atoms with Crippen molar-refractivity contribution in [3.05, 3.63) is 34.9 Å². The topological polar surface area (TPSA) is 38.8 Å². The third-order valence-corrected chi connectivity index (χ3v) is 3.79. The Morgan fingerprint density at radius 2 is 2.30 bits per heavy atom. The van der Waals surface area contributed by atoms with Gasteiger partial charge in [0.2, 0.25) is 5.91 Å². The monoisotopic (exact) mass is 297 g/mol. The van der Waals surface area contributed by atoms with E-state index in [1.165, 1.54) is 7.11 Å². The molecule has 0 unspecified atom stereocenters. The Morgan fingerprint density at radius 1 is 1.50 bits per heavy atom. The van der Waals surface area contributed by atoms with Crippen molar-refractivity contribution in [3.63, 3.8) is 0 Å². The summed E-state index contributed by atoms with van der Waals surface area (Å²) in [5.41, 5.74) is 1.10. The maximum absolute atomic E-state index is 11.9. The van der Waals surface area contributed by atoms with Crippen LogP contribution >= 0.6 is 11.6 Å². The SMILES string of the molecule is COCC(=O)N1CCOC[C@@H](Cc2ccccc2Cl)C1. The number of hydrogen-bond acceptors (Lipinski definition) is 3. The van der Waals surface area contributed by atoms with Crippen LogP contribution in [0.1, 0.15) is 5.56 Å². The van der Waals surface area contributed by atoms with Crippen molar-refractivity contribution < 1.29 is 14.3 Å². The number of methoxy groups -OCH3 is 1. The number of carbonyl (C=O) groups excluding carboxylic acids is 1. The normalized spacial score (nSPS) is 19.7. The minimum Gasteiger partial charge on any atom is -0.379 e. The van der Waals surface area contributed by atoms with Gasteiger partial charge in [0.25, 0.3) is 0 Å². The van der Waals surface area contributed by atoms with Gasteiger partial charge in [-0.25, -0.2) is 0 Å². The Labute approximate surface area is 124 Å². The van der Waals surface area contributed by atoms with Gasteiger partial charge in [0.15, 0.2) is 0 Å². The molecule has 1 atom stereocenters. The van der Waals surface area contributed by atoms with Crippen LogP contribution in [-0.2, 0) is 20.7 Å². The lowest BCUT2D eigenvalue weighted by Gasteiger charge is -2.23. The van der Waals surface area contributed by atoms with Crippen molar-refractivity contribution in [1.82, 2.24) is 4.90 Å². The average Bonchev–Trinajstić information content (AvgIpc) is 2.67. The number of carbonyl (C=O) groups is 1. The van der Waals surface area contributed by atoms with Crippen LogP contribution in [0.15, 0.2) is 24.3 Å². The number of halogens is 1. The van der Waals surface area contributed by atoms with Crippen LogP contribution in [0.3, 0.4) is 0 Å². The number of ether oxygens (including phenoxy) is 2. The van der Waals surface area contributed by atoms with E-state index in [2.05, 4.69) is 0 Å². The third-order valence-electron chi connectivity index (χ3n) is 3.42. The van der Waals surface area contributed by atoms with Crippen LogP contribution in [-0.4, -0.2) is 50.8 Å². The van der Waals surface area contributed by atoms with E-state index in [9.17, 15) is 4.79 Å². The first-order valence-electron chi connectivity index (χ1n) is 6.78. The summed E-state index contributed by atoms with van der Waals surface area (Å²) in [6, 6.07) is 7.81. The molecule has 0 saturated carbocycles. The lowest BCUT2D eigenvalue weighted by Crippen LogP contribution is -2.38. The average molecular weight is 298 g/mol. The zero-order valence-corrected chi connectivity index (χ0v) is 12.4. The number of nitrogens with zero attached hydrogens (tertiary/aromatic N) is 1. The quantitative estimate of drug-likeness (QED) is 0.853. The first kappa shape index (κ1) is 15.3. The fourth-order valence-corrected chi connectivity index (χ4v) is 2.63. The minimum atomic E-state index is 0.0159. The lowest BCUT2D eigenvalue weighted by molar-refractivity contribution is -0.135. The molecule has 1 fully saturated rings. The van der Waals surface area contributed by atoms with Gasteiger partial charge in [-0.2, -0.15) is 0 Å². The second kappa shape index (κ2) is 7.62. The van der Waals surface area contributed by atoms with Crippen molar-refractivity contribution in [3.8, 4) is 0 Å². The number of hydrogen-bond donors (Lipinski definition) is 0. The molecule has 20 heavy (non-hydrogen) atoms. The van der Waals surface area contributed by atoms with Crippen LogP contribution in [0.4, 0.5) is 0 Å². The molecule has 110 valence electrons. The van der Waals surface area contributed by atoms with E-state index in [1.54, 1.807) is 0 Å². The lowest BCUT2D eigenvalue weighted by atomic mass is 9.99. The second-order valence-electron chi connectivity index (χ2n) is 5.01. The maximum atomic E-state index is 11.9. The zero-order chi connectivity index (χ0) is 14.4. The molecule has 2 rings (SSSR count). The van der Waals surface area contributed by atoms with Gasteiger partial charge in [0.1, 0.15) is 6.61 Å². The predicted molar refractivity (Wildman–Crippen MR) is 77.9 cm³/mol. The molecule has 1 aromatic rings. The van der Waals surface area contributed by atoms with Crippen LogP contribution in [0.2, 0.25) is 5.02 Å². The highest BCUT2D eigenvalue weighted by Gasteiger charge is 2.23. The van der Waals surface area contributed by atoms with Crippen molar-refractivity contribution in [1.29, 1.82) is 0 Å². The highest BCUT2D eigenvalue weighted by atomic mass is 35.5. The summed E-state index contributed by atoms with van der Waals surface area (Å²) in [6.45, 7) is 2.67. The van der Waals surface area contributed by atoms with E-state index in [4.69, 9.17) is 21.1 Å². The van der Waals surface area contributed by atoms with Crippen LogP contribution in [0.25, 0.3) is 0 Å². The van der Waals surface area contributed by atoms with E-state index >= 15 is 0 Å². The molecule has 1 aromatic carbocycles. The van der Waals surface area contributed by atoms with Gasteiger partial charge < -0.3 is 14.4 Å². The molecule has 1 amide bonds. The molecule has 0 aromatic heterocycles. The Hall–Kier alpha value is -1.10. The van der Waals surface area contributed by atoms with Crippen molar-refractivity contribution in [2.75, 3.05) is 40.0 Å². The first-order valence-corrected chi connectivity index (χ1v) is 7.16. The summed E-state index contributed by atoms with van der Waals surface area (Å²) in [6.07, 6.45) is 0.816.